The summed E-state index contributed by atoms with van der Waals surface area (Å²) in [5.41, 5.74) is 0.0383. The van der Waals surface area contributed by atoms with Gasteiger partial charge in [-0.1, -0.05) is 19.3 Å². The van der Waals surface area contributed by atoms with Crippen LogP contribution in [-0.4, -0.2) is 35.0 Å². The van der Waals surface area contributed by atoms with Crippen LogP contribution in [0.3, 0.4) is 0 Å². The molecule has 1 heterocycles. The summed E-state index contributed by atoms with van der Waals surface area (Å²) < 4.78 is 0. The van der Waals surface area contributed by atoms with Crippen molar-refractivity contribution in [3.05, 3.63) is 0 Å². The number of carboxylic acid groups (broad SMARTS) is 1. The number of hydrogen-bond donors (Lipinski definition) is 1. The largest absolute Gasteiger partial charge is 0.481 e. The van der Waals surface area contributed by atoms with Gasteiger partial charge in [0.1, 0.15) is 0 Å². The van der Waals surface area contributed by atoms with E-state index in [0.717, 1.165) is 44.7 Å². The maximum atomic E-state index is 12.1. The Kier molecular flexibility index (Phi) is 3.27. The molecule has 3 aliphatic rings. The molecule has 0 bridgehead atoms. The molecule has 1 aliphatic heterocycles. The molecular weight excluding hydrogens is 242 g/mol. The summed E-state index contributed by atoms with van der Waals surface area (Å²) in [6.07, 6.45) is 8.29. The lowest BCUT2D eigenvalue weighted by Crippen LogP contribution is -2.40. The third-order valence-electron chi connectivity index (χ3n) is 5.59. The molecule has 4 heteroatoms. The highest BCUT2D eigenvalue weighted by molar-refractivity contribution is 5.77. The van der Waals surface area contributed by atoms with Crippen molar-refractivity contribution in [2.45, 2.75) is 51.4 Å². The number of hydrogen-bond acceptors (Lipinski definition) is 2. The Balaban J connectivity index is 1.42. The van der Waals surface area contributed by atoms with Crippen molar-refractivity contribution in [1.82, 2.24) is 4.90 Å². The first kappa shape index (κ1) is 12.9. The Labute approximate surface area is 114 Å². The summed E-state index contributed by atoms with van der Waals surface area (Å²) in [5.74, 6) is 0.290. The zero-order valence-corrected chi connectivity index (χ0v) is 11.4. The summed E-state index contributed by atoms with van der Waals surface area (Å²) in [6, 6.07) is 0. The quantitative estimate of drug-likeness (QED) is 0.848. The molecular formula is C15H23NO3. The van der Waals surface area contributed by atoms with Crippen LogP contribution in [0.25, 0.3) is 0 Å². The predicted octanol–water partition coefficient (Wildman–Crippen LogP) is 2.28. The van der Waals surface area contributed by atoms with Crippen LogP contribution in [0.1, 0.15) is 51.4 Å². The summed E-state index contributed by atoms with van der Waals surface area (Å²) in [4.78, 5) is 25.0. The van der Waals surface area contributed by atoms with Gasteiger partial charge in [0.05, 0.1) is 5.92 Å². The van der Waals surface area contributed by atoms with E-state index in [1.165, 1.54) is 19.3 Å². The van der Waals surface area contributed by atoms with E-state index in [9.17, 15) is 9.59 Å². The summed E-state index contributed by atoms with van der Waals surface area (Å²) in [6.45, 7) is 1.54. The lowest BCUT2D eigenvalue weighted by Gasteiger charge is -2.33. The molecule has 1 unspecified atom stereocenters. The number of carboxylic acids is 1. The number of amides is 1. The second-order valence-corrected chi connectivity index (χ2v) is 6.67. The van der Waals surface area contributed by atoms with Gasteiger partial charge in [0.25, 0.3) is 0 Å². The molecule has 1 saturated heterocycles. The number of carbonyl (C=O) groups excluding carboxylic acids is 1. The van der Waals surface area contributed by atoms with E-state index in [1.807, 2.05) is 4.90 Å². The third kappa shape index (κ3) is 2.49. The van der Waals surface area contributed by atoms with Gasteiger partial charge < -0.3 is 10.0 Å². The minimum atomic E-state index is -0.648. The van der Waals surface area contributed by atoms with Crippen LogP contribution < -0.4 is 0 Å². The van der Waals surface area contributed by atoms with Crippen molar-refractivity contribution in [2.75, 3.05) is 13.1 Å². The second-order valence-electron chi connectivity index (χ2n) is 6.67. The van der Waals surface area contributed by atoms with Crippen LogP contribution in [0.4, 0.5) is 0 Å². The average Bonchev–Trinajstić information content (AvgIpc) is 3.02. The molecule has 3 rings (SSSR count). The van der Waals surface area contributed by atoms with E-state index < -0.39 is 5.97 Å². The molecule has 106 valence electrons. The molecule has 2 saturated carbocycles. The molecule has 1 N–H and O–H groups in total. The molecule has 1 atom stereocenters. The van der Waals surface area contributed by atoms with Crippen LogP contribution in [-0.2, 0) is 9.59 Å². The van der Waals surface area contributed by atoms with Crippen molar-refractivity contribution in [2.24, 2.45) is 17.3 Å². The second kappa shape index (κ2) is 4.80. The van der Waals surface area contributed by atoms with E-state index in [1.54, 1.807) is 0 Å². The summed E-state index contributed by atoms with van der Waals surface area (Å²) in [7, 11) is 0. The minimum Gasteiger partial charge on any atom is -0.481 e. The molecule has 0 aromatic rings. The highest BCUT2D eigenvalue weighted by Crippen LogP contribution is 2.59. The van der Waals surface area contributed by atoms with Gasteiger partial charge in [0, 0.05) is 19.5 Å². The standard InChI is InChI=1S/C15H23NO3/c17-13(5-4-11-2-1-3-11)16-8-6-15(7-9-16)10-12(15)14(18)19/h11-12H,1-10H2,(H,18,19). The first-order chi connectivity index (χ1) is 9.11. The predicted molar refractivity (Wildman–Crippen MR) is 70.6 cm³/mol. The Morgan fingerprint density at radius 2 is 1.89 bits per heavy atom. The van der Waals surface area contributed by atoms with Gasteiger partial charge in [-0.25, -0.2) is 0 Å². The van der Waals surface area contributed by atoms with E-state index in [0.29, 0.717) is 6.42 Å². The number of rotatable bonds is 4. The van der Waals surface area contributed by atoms with E-state index >= 15 is 0 Å². The minimum absolute atomic E-state index is 0.0383. The van der Waals surface area contributed by atoms with Crippen LogP contribution >= 0.6 is 0 Å². The Morgan fingerprint density at radius 1 is 1.21 bits per heavy atom. The molecule has 0 aromatic carbocycles. The highest BCUT2D eigenvalue weighted by Gasteiger charge is 2.59. The van der Waals surface area contributed by atoms with Gasteiger partial charge >= 0.3 is 5.97 Å². The van der Waals surface area contributed by atoms with Crippen LogP contribution in [0.5, 0.6) is 0 Å². The van der Waals surface area contributed by atoms with Crippen molar-refractivity contribution in [3.63, 3.8) is 0 Å². The monoisotopic (exact) mass is 265 g/mol. The van der Waals surface area contributed by atoms with Gasteiger partial charge in [-0.15, -0.1) is 0 Å². The first-order valence-electron chi connectivity index (χ1n) is 7.61. The van der Waals surface area contributed by atoms with Crippen molar-refractivity contribution < 1.29 is 14.7 Å². The first-order valence-corrected chi connectivity index (χ1v) is 7.61. The molecule has 19 heavy (non-hydrogen) atoms. The van der Waals surface area contributed by atoms with Gasteiger partial charge in [0.15, 0.2) is 0 Å². The van der Waals surface area contributed by atoms with Gasteiger partial charge in [-0.3, -0.25) is 9.59 Å². The Bertz CT molecular complexity index is 381. The lowest BCUT2D eigenvalue weighted by molar-refractivity contribution is -0.139. The van der Waals surface area contributed by atoms with Gasteiger partial charge in [-0.2, -0.15) is 0 Å². The molecule has 1 spiro atoms. The topological polar surface area (TPSA) is 57.6 Å². The maximum Gasteiger partial charge on any atom is 0.307 e. The van der Waals surface area contributed by atoms with E-state index in [2.05, 4.69) is 0 Å². The van der Waals surface area contributed by atoms with Gasteiger partial charge in [-0.05, 0) is 37.0 Å². The molecule has 3 fully saturated rings. The summed E-state index contributed by atoms with van der Waals surface area (Å²) >= 11 is 0. The summed E-state index contributed by atoms with van der Waals surface area (Å²) in [5, 5.41) is 9.04. The van der Waals surface area contributed by atoms with Crippen molar-refractivity contribution in [3.8, 4) is 0 Å². The zero-order chi connectivity index (χ0) is 13.5. The van der Waals surface area contributed by atoms with Crippen LogP contribution in [0.2, 0.25) is 0 Å². The average molecular weight is 265 g/mol. The Hall–Kier alpha value is -1.06. The van der Waals surface area contributed by atoms with E-state index in [-0.39, 0.29) is 17.2 Å². The van der Waals surface area contributed by atoms with Crippen molar-refractivity contribution >= 4 is 11.9 Å². The number of likely N-dealkylation sites (tertiary alicyclic amines) is 1. The third-order valence-corrected chi connectivity index (χ3v) is 5.59. The zero-order valence-electron chi connectivity index (χ0n) is 11.4. The SMILES string of the molecule is O=C(O)C1CC12CCN(C(=O)CCC1CCC1)CC2. The van der Waals surface area contributed by atoms with Gasteiger partial charge in [0.2, 0.25) is 5.91 Å². The molecule has 0 radical (unpaired) electrons. The molecule has 1 amide bonds. The molecule has 0 aromatic heterocycles. The number of carbonyl (C=O) groups is 2. The Morgan fingerprint density at radius 3 is 2.37 bits per heavy atom. The normalized spacial score (nSPS) is 29.1. The highest BCUT2D eigenvalue weighted by atomic mass is 16.4. The molecule has 2 aliphatic carbocycles. The van der Waals surface area contributed by atoms with E-state index in [4.69, 9.17) is 5.11 Å². The number of aliphatic carboxylic acids is 1. The fourth-order valence-corrected chi connectivity index (χ4v) is 3.72. The lowest BCUT2D eigenvalue weighted by atomic mass is 9.82. The van der Waals surface area contributed by atoms with Crippen LogP contribution in [0.15, 0.2) is 0 Å². The smallest absolute Gasteiger partial charge is 0.307 e. The maximum absolute atomic E-state index is 12.1. The molecule has 4 nitrogen and oxygen atoms in total. The number of nitrogens with zero attached hydrogens (tertiary/aromatic N) is 1. The fourth-order valence-electron chi connectivity index (χ4n) is 3.72. The van der Waals surface area contributed by atoms with Crippen LogP contribution in [0, 0.1) is 17.3 Å². The van der Waals surface area contributed by atoms with Crippen molar-refractivity contribution in [1.29, 1.82) is 0 Å². The fraction of sp³-hybridized carbons (Fsp3) is 0.867. The number of piperidine rings is 1.